The van der Waals surface area contributed by atoms with E-state index in [-0.39, 0.29) is 5.91 Å². The molecule has 1 heterocycles. The number of amides is 1. The number of rotatable bonds is 2. The maximum absolute atomic E-state index is 11.9. The maximum Gasteiger partial charge on any atom is 0.328 e. The monoisotopic (exact) mass is 287 g/mol. The summed E-state index contributed by atoms with van der Waals surface area (Å²) in [6, 6.07) is 4.18. The minimum absolute atomic E-state index is 0.135. The standard InChI is InChI=1S/C12H11Cl2NO3/c1-18-12(17)10-2-3-11(16)15(10)9-5-7(13)4-8(14)6-9/h4-6,10H,2-3H2,1H3/t10-/m0/s1. The van der Waals surface area contributed by atoms with Crippen molar-refractivity contribution in [1.29, 1.82) is 0 Å². The lowest BCUT2D eigenvalue weighted by molar-refractivity contribution is -0.142. The largest absolute Gasteiger partial charge is 0.467 e. The zero-order chi connectivity index (χ0) is 13.3. The molecule has 0 aromatic heterocycles. The van der Waals surface area contributed by atoms with Crippen LogP contribution in [0.1, 0.15) is 12.8 Å². The third kappa shape index (κ3) is 2.44. The van der Waals surface area contributed by atoms with Crippen molar-refractivity contribution in [3.05, 3.63) is 28.2 Å². The van der Waals surface area contributed by atoms with Crippen molar-refractivity contribution < 1.29 is 14.3 Å². The van der Waals surface area contributed by atoms with E-state index in [0.717, 1.165) is 0 Å². The molecule has 1 saturated heterocycles. The van der Waals surface area contributed by atoms with E-state index in [1.54, 1.807) is 18.2 Å². The molecule has 0 aliphatic carbocycles. The van der Waals surface area contributed by atoms with Crippen molar-refractivity contribution >= 4 is 40.8 Å². The number of hydrogen-bond donors (Lipinski definition) is 0. The van der Waals surface area contributed by atoms with Crippen LogP contribution < -0.4 is 4.90 Å². The van der Waals surface area contributed by atoms with Crippen LogP contribution in [0.2, 0.25) is 10.0 Å². The Labute approximate surface area is 114 Å². The van der Waals surface area contributed by atoms with E-state index in [1.165, 1.54) is 12.0 Å². The van der Waals surface area contributed by atoms with Crippen molar-refractivity contribution in [2.24, 2.45) is 0 Å². The number of carbonyl (C=O) groups excluding carboxylic acids is 2. The van der Waals surface area contributed by atoms with E-state index >= 15 is 0 Å². The lowest BCUT2D eigenvalue weighted by atomic mass is 10.2. The fourth-order valence-electron chi connectivity index (χ4n) is 2.05. The fraction of sp³-hybridized carbons (Fsp3) is 0.333. The van der Waals surface area contributed by atoms with E-state index in [4.69, 9.17) is 27.9 Å². The number of hydrogen-bond acceptors (Lipinski definition) is 3. The topological polar surface area (TPSA) is 46.6 Å². The van der Waals surface area contributed by atoms with E-state index in [2.05, 4.69) is 0 Å². The van der Waals surface area contributed by atoms with Gasteiger partial charge in [-0.25, -0.2) is 4.79 Å². The molecule has 4 nitrogen and oxygen atoms in total. The molecule has 1 aromatic rings. The average molecular weight is 288 g/mol. The lowest BCUT2D eigenvalue weighted by Crippen LogP contribution is -2.39. The van der Waals surface area contributed by atoms with Gasteiger partial charge < -0.3 is 4.74 Å². The number of benzene rings is 1. The van der Waals surface area contributed by atoms with E-state index in [1.807, 2.05) is 0 Å². The van der Waals surface area contributed by atoms with Crippen molar-refractivity contribution in [1.82, 2.24) is 0 Å². The van der Waals surface area contributed by atoms with Gasteiger partial charge in [-0.3, -0.25) is 9.69 Å². The Morgan fingerprint density at radius 2 is 1.94 bits per heavy atom. The second-order valence-corrected chi connectivity index (χ2v) is 4.84. The molecule has 0 unspecified atom stereocenters. The molecule has 0 N–H and O–H groups in total. The highest BCUT2D eigenvalue weighted by Crippen LogP contribution is 2.31. The minimum Gasteiger partial charge on any atom is -0.467 e. The first kappa shape index (κ1) is 13.2. The summed E-state index contributed by atoms with van der Waals surface area (Å²) in [7, 11) is 1.30. The Morgan fingerprint density at radius 1 is 1.33 bits per heavy atom. The molecule has 6 heteroatoms. The third-order valence-electron chi connectivity index (χ3n) is 2.81. The molecule has 1 aliphatic rings. The summed E-state index contributed by atoms with van der Waals surface area (Å²) in [4.78, 5) is 24.9. The van der Waals surface area contributed by atoms with Crippen LogP contribution in [-0.2, 0) is 14.3 Å². The predicted octanol–water partition coefficient (Wildman–Crippen LogP) is 2.66. The van der Waals surface area contributed by atoms with Crippen molar-refractivity contribution in [2.45, 2.75) is 18.9 Å². The predicted molar refractivity (Wildman–Crippen MR) is 69.0 cm³/mol. The summed E-state index contributed by atoms with van der Waals surface area (Å²) in [6.45, 7) is 0. The molecule has 1 amide bonds. The van der Waals surface area contributed by atoms with Crippen LogP contribution in [0.25, 0.3) is 0 Å². The highest BCUT2D eigenvalue weighted by atomic mass is 35.5. The highest BCUT2D eigenvalue weighted by Gasteiger charge is 2.38. The van der Waals surface area contributed by atoms with Gasteiger partial charge >= 0.3 is 5.97 Å². The van der Waals surface area contributed by atoms with Crippen LogP contribution in [0.15, 0.2) is 18.2 Å². The summed E-state index contributed by atoms with van der Waals surface area (Å²) in [5.74, 6) is -0.569. The summed E-state index contributed by atoms with van der Waals surface area (Å²) in [5, 5.41) is 0.835. The van der Waals surface area contributed by atoms with Gasteiger partial charge in [0, 0.05) is 22.2 Å². The molecule has 1 atom stereocenters. The number of carbonyl (C=O) groups is 2. The molecule has 0 bridgehead atoms. The van der Waals surface area contributed by atoms with Gasteiger partial charge in [0.05, 0.1) is 7.11 Å². The second kappa shape index (κ2) is 5.16. The molecule has 96 valence electrons. The van der Waals surface area contributed by atoms with Gasteiger partial charge in [0.1, 0.15) is 6.04 Å². The van der Waals surface area contributed by atoms with Crippen LogP contribution in [0.5, 0.6) is 0 Å². The molecular formula is C12H11Cl2NO3. The zero-order valence-electron chi connectivity index (χ0n) is 9.65. The smallest absolute Gasteiger partial charge is 0.328 e. The van der Waals surface area contributed by atoms with Gasteiger partial charge in [-0.2, -0.15) is 0 Å². The van der Waals surface area contributed by atoms with Gasteiger partial charge in [-0.05, 0) is 24.6 Å². The zero-order valence-corrected chi connectivity index (χ0v) is 11.2. The Morgan fingerprint density at radius 3 is 2.50 bits per heavy atom. The Balaban J connectivity index is 2.39. The van der Waals surface area contributed by atoms with Crippen molar-refractivity contribution in [3.8, 4) is 0 Å². The number of methoxy groups -OCH3 is 1. The number of nitrogens with zero attached hydrogens (tertiary/aromatic N) is 1. The minimum atomic E-state index is -0.600. The summed E-state index contributed by atoms with van der Waals surface area (Å²) >= 11 is 11.8. The number of esters is 1. The molecule has 1 aromatic carbocycles. The fourth-order valence-corrected chi connectivity index (χ4v) is 2.56. The van der Waals surface area contributed by atoms with Crippen LogP contribution in [0.3, 0.4) is 0 Å². The number of anilines is 1. The quantitative estimate of drug-likeness (QED) is 0.786. The molecule has 0 saturated carbocycles. The maximum atomic E-state index is 11.9. The number of halogens is 2. The third-order valence-corrected chi connectivity index (χ3v) is 3.25. The first-order valence-electron chi connectivity index (χ1n) is 5.39. The summed E-state index contributed by atoms with van der Waals surface area (Å²) < 4.78 is 4.70. The SMILES string of the molecule is COC(=O)[C@@H]1CCC(=O)N1c1cc(Cl)cc(Cl)c1. The van der Waals surface area contributed by atoms with Crippen LogP contribution in [-0.4, -0.2) is 25.0 Å². The number of ether oxygens (including phenoxy) is 1. The molecule has 0 radical (unpaired) electrons. The van der Waals surface area contributed by atoms with Crippen LogP contribution >= 0.6 is 23.2 Å². The average Bonchev–Trinajstić information content (AvgIpc) is 2.69. The van der Waals surface area contributed by atoms with E-state index in [0.29, 0.717) is 28.6 Å². The molecular weight excluding hydrogens is 277 g/mol. The molecule has 1 aliphatic heterocycles. The van der Waals surface area contributed by atoms with Gasteiger partial charge in [0.15, 0.2) is 0 Å². The summed E-state index contributed by atoms with van der Waals surface area (Å²) in [5.41, 5.74) is 0.519. The van der Waals surface area contributed by atoms with Gasteiger partial charge in [0.25, 0.3) is 0 Å². The van der Waals surface area contributed by atoms with Crippen LogP contribution in [0.4, 0.5) is 5.69 Å². The first-order chi connectivity index (χ1) is 8.52. The van der Waals surface area contributed by atoms with Crippen LogP contribution in [0, 0.1) is 0 Å². The molecule has 1 fully saturated rings. The first-order valence-corrected chi connectivity index (χ1v) is 6.14. The Kier molecular flexibility index (Phi) is 3.78. The van der Waals surface area contributed by atoms with Gasteiger partial charge in [-0.15, -0.1) is 0 Å². The van der Waals surface area contributed by atoms with E-state index in [9.17, 15) is 9.59 Å². The lowest BCUT2D eigenvalue weighted by Gasteiger charge is -2.23. The molecule has 0 spiro atoms. The van der Waals surface area contributed by atoms with E-state index < -0.39 is 12.0 Å². The highest BCUT2D eigenvalue weighted by molar-refractivity contribution is 6.35. The Bertz CT molecular complexity index is 484. The van der Waals surface area contributed by atoms with Gasteiger partial charge in [-0.1, -0.05) is 23.2 Å². The second-order valence-electron chi connectivity index (χ2n) is 3.97. The summed E-state index contributed by atoms with van der Waals surface area (Å²) in [6.07, 6.45) is 0.750. The van der Waals surface area contributed by atoms with Crippen molar-refractivity contribution in [2.75, 3.05) is 12.0 Å². The Hall–Kier alpha value is -1.26. The molecule has 2 rings (SSSR count). The normalized spacial score (nSPS) is 19.2. The van der Waals surface area contributed by atoms with Gasteiger partial charge in [0.2, 0.25) is 5.91 Å². The van der Waals surface area contributed by atoms with Crippen molar-refractivity contribution in [3.63, 3.8) is 0 Å². The molecule has 18 heavy (non-hydrogen) atoms.